The van der Waals surface area contributed by atoms with E-state index in [-0.39, 0.29) is 5.91 Å². The molecule has 0 atom stereocenters. The fraction of sp³-hybridized carbons (Fsp3) is 0.412. The Hall–Kier alpha value is -1.94. The molecule has 21 heavy (non-hydrogen) atoms. The summed E-state index contributed by atoms with van der Waals surface area (Å²) in [5.41, 5.74) is 6.79. The minimum Gasteiger partial charge on any atom is -0.351 e. The van der Waals surface area contributed by atoms with Crippen LogP contribution in [0.4, 0.5) is 0 Å². The smallest absolute Gasteiger partial charge is 0.227 e. The van der Waals surface area contributed by atoms with E-state index in [2.05, 4.69) is 10.3 Å². The molecular formula is C17H23N3O. The summed E-state index contributed by atoms with van der Waals surface area (Å²) < 4.78 is 0. The highest BCUT2D eigenvalue weighted by molar-refractivity contribution is 5.85. The average molecular weight is 285 g/mol. The lowest BCUT2D eigenvalue weighted by Gasteiger charge is -2.36. The van der Waals surface area contributed by atoms with Gasteiger partial charge in [-0.05, 0) is 39.3 Å². The van der Waals surface area contributed by atoms with Crippen LogP contribution in [0.2, 0.25) is 0 Å². The standard InChI is InChI=1S/C17H23N3O/c1-16(2,17(3,4)18)15(21)20-11-13-8-5-7-12-9-6-10-19-14(12)13/h5-10H,11,18H2,1-4H3,(H,20,21). The molecule has 1 amide bonds. The summed E-state index contributed by atoms with van der Waals surface area (Å²) in [5, 5.41) is 4.05. The maximum atomic E-state index is 12.4. The van der Waals surface area contributed by atoms with Gasteiger partial charge in [-0.25, -0.2) is 0 Å². The van der Waals surface area contributed by atoms with Crippen LogP contribution in [0.3, 0.4) is 0 Å². The molecule has 0 bridgehead atoms. The summed E-state index contributed by atoms with van der Waals surface area (Å²) in [6.07, 6.45) is 1.76. The van der Waals surface area contributed by atoms with Crippen molar-refractivity contribution < 1.29 is 4.79 Å². The number of nitrogens with one attached hydrogen (secondary N) is 1. The first-order valence-corrected chi connectivity index (χ1v) is 7.13. The largest absolute Gasteiger partial charge is 0.351 e. The van der Waals surface area contributed by atoms with Crippen LogP contribution in [0, 0.1) is 5.41 Å². The van der Waals surface area contributed by atoms with E-state index in [4.69, 9.17) is 5.73 Å². The Morgan fingerprint density at radius 2 is 1.86 bits per heavy atom. The Morgan fingerprint density at radius 1 is 1.19 bits per heavy atom. The average Bonchev–Trinajstić information content (AvgIpc) is 2.43. The molecule has 0 aliphatic carbocycles. The number of carbonyl (C=O) groups excluding carboxylic acids is 1. The van der Waals surface area contributed by atoms with Gasteiger partial charge in [-0.1, -0.05) is 24.3 Å². The molecule has 0 unspecified atom stereocenters. The number of nitrogens with zero attached hydrogens (tertiary/aromatic N) is 1. The minimum atomic E-state index is -0.648. The molecule has 112 valence electrons. The van der Waals surface area contributed by atoms with Crippen LogP contribution >= 0.6 is 0 Å². The van der Waals surface area contributed by atoms with Crippen LogP contribution < -0.4 is 11.1 Å². The minimum absolute atomic E-state index is 0.0528. The third-order valence-corrected chi connectivity index (χ3v) is 4.33. The lowest BCUT2D eigenvalue weighted by Crippen LogP contribution is -2.55. The number of nitrogens with two attached hydrogens (primary N) is 1. The number of rotatable bonds is 4. The number of pyridine rings is 1. The van der Waals surface area contributed by atoms with Gasteiger partial charge < -0.3 is 11.1 Å². The molecule has 0 aliphatic heterocycles. The maximum absolute atomic E-state index is 12.4. The van der Waals surface area contributed by atoms with Gasteiger partial charge in [0.15, 0.2) is 0 Å². The molecule has 0 saturated carbocycles. The topological polar surface area (TPSA) is 68.0 Å². The van der Waals surface area contributed by atoms with E-state index in [9.17, 15) is 4.79 Å². The molecule has 1 heterocycles. The van der Waals surface area contributed by atoms with Crippen LogP contribution in [0.25, 0.3) is 10.9 Å². The number of para-hydroxylation sites is 1. The van der Waals surface area contributed by atoms with Crippen molar-refractivity contribution in [3.05, 3.63) is 42.1 Å². The van der Waals surface area contributed by atoms with Crippen molar-refractivity contribution in [1.82, 2.24) is 10.3 Å². The van der Waals surface area contributed by atoms with E-state index < -0.39 is 11.0 Å². The van der Waals surface area contributed by atoms with Crippen LogP contribution in [0.5, 0.6) is 0 Å². The Bertz CT molecular complexity index is 651. The summed E-state index contributed by atoms with van der Waals surface area (Å²) in [7, 11) is 0. The van der Waals surface area contributed by atoms with Gasteiger partial charge in [-0.15, -0.1) is 0 Å². The van der Waals surface area contributed by atoms with Crippen LogP contribution in [0.1, 0.15) is 33.3 Å². The normalized spacial score (nSPS) is 12.4. The quantitative estimate of drug-likeness (QED) is 0.907. The van der Waals surface area contributed by atoms with Crippen molar-refractivity contribution in [3.63, 3.8) is 0 Å². The van der Waals surface area contributed by atoms with E-state index in [1.54, 1.807) is 6.20 Å². The second-order valence-electron chi connectivity index (χ2n) is 6.52. The molecule has 0 fully saturated rings. The molecule has 0 aliphatic rings. The lowest BCUT2D eigenvalue weighted by atomic mass is 9.74. The molecule has 4 heteroatoms. The molecule has 1 aromatic carbocycles. The summed E-state index contributed by atoms with van der Waals surface area (Å²) in [6.45, 7) is 7.91. The first-order chi connectivity index (χ1) is 9.73. The third kappa shape index (κ3) is 3.05. The van der Waals surface area contributed by atoms with Gasteiger partial charge in [-0.3, -0.25) is 9.78 Å². The first-order valence-electron chi connectivity index (χ1n) is 7.13. The molecule has 0 radical (unpaired) electrons. The second kappa shape index (κ2) is 5.45. The van der Waals surface area contributed by atoms with Crippen molar-refractivity contribution in [2.24, 2.45) is 11.1 Å². The van der Waals surface area contributed by atoms with Crippen molar-refractivity contribution >= 4 is 16.8 Å². The fourth-order valence-electron chi connectivity index (χ4n) is 2.00. The first kappa shape index (κ1) is 15.4. The number of carbonyl (C=O) groups is 1. The molecule has 4 nitrogen and oxygen atoms in total. The summed E-state index contributed by atoms with van der Waals surface area (Å²) >= 11 is 0. The van der Waals surface area contributed by atoms with E-state index in [1.165, 1.54) is 0 Å². The summed E-state index contributed by atoms with van der Waals surface area (Å²) in [6, 6.07) is 9.89. The number of benzene rings is 1. The van der Waals surface area contributed by atoms with E-state index in [0.717, 1.165) is 16.5 Å². The van der Waals surface area contributed by atoms with Gasteiger partial charge in [0, 0.05) is 23.7 Å². The Kier molecular flexibility index (Phi) is 4.01. The number of aromatic nitrogens is 1. The van der Waals surface area contributed by atoms with Crippen molar-refractivity contribution in [2.75, 3.05) is 0 Å². The molecule has 0 saturated heterocycles. The zero-order valence-electron chi connectivity index (χ0n) is 13.1. The van der Waals surface area contributed by atoms with Gasteiger partial charge in [0.2, 0.25) is 5.91 Å². The number of hydrogen-bond donors (Lipinski definition) is 2. The fourth-order valence-corrected chi connectivity index (χ4v) is 2.00. The number of fused-ring (bicyclic) bond motifs is 1. The van der Waals surface area contributed by atoms with Gasteiger partial charge in [-0.2, -0.15) is 0 Å². The van der Waals surface area contributed by atoms with Crippen molar-refractivity contribution in [1.29, 1.82) is 0 Å². The number of hydrogen-bond acceptors (Lipinski definition) is 3. The van der Waals surface area contributed by atoms with Crippen molar-refractivity contribution in [3.8, 4) is 0 Å². The summed E-state index contributed by atoms with van der Waals surface area (Å²) in [4.78, 5) is 16.8. The summed E-state index contributed by atoms with van der Waals surface area (Å²) in [5.74, 6) is -0.0528. The predicted octanol–water partition coefficient (Wildman–Crippen LogP) is 2.61. The third-order valence-electron chi connectivity index (χ3n) is 4.33. The van der Waals surface area contributed by atoms with E-state index in [1.807, 2.05) is 58.0 Å². The molecule has 0 spiro atoms. The Labute approximate surface area is 125 Å². The van der Waals surface area contributed by atoms with Crippen LogP contribution in [-0.2, 0) is 11.3 Å². The highest BCUT2D eigenvalue weighted by Crippen LogP contribution is 2.28. The van der Waals surface area contributed by atoms with E-state index >= 15 is 0 Å². The zero-order valence-corrected chi connectivity index (χ0v) is 13.1. The highest BCUT2D eigenvalue weighted by Gasteiger charge is 2.40. The second-order valence-corrected chi connectivity index (χ2v) is 6.52. The van der Waals surface area contributed by atoms with Crippen LogP contribution in [0.15, 0.2) is 36.5 Å². The predicted molar refractivity (Wildman–Crippen MR) is 85.6 cm³/mol. The SMILES string of the molecule is CC(C)(N)C(C)(C)C(=O)NCc1cccc2cccnc12. The van der Waals surface area contributed by atoms with Gasteiger partial charge in [0.1, 0.15) is 0 Å². The van der Waals surface area contributed by atoms with Gasteiger partial charge in [0.25, 0.3) is 0 Å². The maximum Gasteiger partial charge on any atom is 0.227 e. The molecule has 1 aromatic heterocycles. The molecule has 2 rings (SSSR count). The number of amides is 1. The van der Waals surface area contributed by atoms with Crippen LogP contribution in [-0.4, -0.2) is 16.4 Å². The zero-order chi connectivity index (χ0) is 15.7. The van der Waals surface area contributed by atoms with E-state index in [0.29, 0.717) is 6.54 Å². The van der Waals surface area contributed by atoms with Gasteiger partial charge >= 0.3 is 0 Å². The lowest BCUT2D eigenvalue weighted by molar-refractivity contribution is -0.132. The van der Waals surface area contributed by atoms with Gasteiger partial charge in [0.05, 0.1) is 10.9 Å². The Morgan fingerprint density at radius 3 is 2.52 bits per heavy atom. The van der Waals surface area contributed by atoms with Crippen molar-refractivity contribution in [2.45, 2.75) is 39.8 Å². The molecule has 2 aromatic rings. The monoisotopic (exact) mass is 285 g/mol. The highest BCUT2D eigenvalue weighted by atomic mass is 16.2. The molecule has 3 N–H and O–H groups in total. The molecular weight excluding hydrogens is 262 g/mol. The Balaban J connectivity index is 2.18.